The number of nitrogens with one attached hydrogen (secondary N) is 2. The van der Waals surface area contributed by atoms with Gasteiger partial charge in [-0.05, 0) is 37.7 Å². The molecule has 2 rings (SSSR count). The van der Waals surface area contributed by atoms with Crippen LogP contribution in [0.5, 0.6) is 0 Å². The molecule has 0 heterocycles. The van der Waals surface area contributed by atoms with E-state index < -0.39 is 0 Å². The molecule has 1 fully saturated rings. The Labute approximate surface area is 114 Å². The maximum atomic E-state index is 11.7. The zero-order chi connectivity index (χ0) is 13.5. The van der Waals surface area contributed by atoms with Crippen LogP contribution in [-0.2, 0) is 6.42 Å². The van der Waals surface area contributed by atoms with Crippen LogP contribution in [0.4, 0.5) is 4.79 Å². The van der Waals surface area contributed by atoms with E-state index in [-0.39, 0.29) is 18.2 Å². The third kappa shape index (κ3) is 4.91. The standard InChI is InChI=1S/C15H22N2O2/c18-14-8-6-13(7-9-14)17-15(19)16-11-10-12-4-2-1-3-5-12/h1-5,13-14,18H,6-11H2,(H2,16,17,19). The Morgan fingerprint density at radius 2 is 1.84 bits per heavy atom. The maximum Gasteiger partial charge on any atom is 0.315 e. The summed E-state index contributed by atoms with van der Waals surface area (Å²) in [6.07, 6.45) is 3.97. The maximum absolute atomic E-state index is 11.7. The molecule has 0 aliphatic heterocycles. The van der Waals surface area contributed by atoms with Gasteiger partial charge >= 0.3 is 6.03 Å². The summed E-state index contributed by atoms with van der Waals surface area (Å²) in [6, 6.07) is 10.2. The highest BCUT2D eigenvalue weighted by Crippen LogP contribution is 2.17. The Kier molecular flexibility index (Phi) is 5.21. The van der Waals surface area contributed by atoms with Gasteiger partial charge in [0.15, 0.2) is 0 Å². The van der Waals surface area contributed by atoms with Gasteiger partial charge in [0, 0.05) is 12.6 Å². The second-order valence-corrected chi connectivity index (χ2v) is 5.14. The summed E-state index contributed by atoms with van der Waals surface area (Å²) >= 11 is 0. The fourth-order valence-electron chi connectivity index (χ4n) is 2.42. The summed E-state index contributed by atoms with van der Waals surface area (Å²) in [6.45, 7) is 0.644. The third-order valence-corrected chi connectivity index (χ3v) is 3.57. The Morgan fingerprint density at radius 3 is 2.53 bits per heavy atom. The number of carbonyl (C=O) groups is 1. The largest absolute Gasteiger partial charge is 0.393 e. The van der Waals surface area contributed by atoms with Crippen LogP contribution in [0.3, 0.4) is 0 Å². The summed E-state index contributed by atoms with van der Waals surface area (Å²) in [5.41, 5.74) is 1.23. The van der Waals surface area contributed by atoms with E-state index in [1.165, 1.54) is 5.56 Å². The van der Waals surface area contributed by atoms with E-state index in [2.05, 4.69) is 22.8 Å². The molecule has 1 aromatic carbocycles. The average Bonchev–Trinajstić information content (AvgIpc) is 2.43. The summed E-state index contributed by atoms with van der Waals surface area (Å²) in [5, 5.41) is 15.2. The molecule has 2 amide bonds. The number of carbonyl (C=O) groups excluding carboxylic acids is 1. The van der Waals surface area contributed by atoms with Crippen molar-refractivity contribution in [3.8, 4) is 0 Å². The first-order valence-electron chi connectivity index (χ1n) is 7.00. The van der Waals surface area contributed by atoms with Crippen molar-refractivity contribution in [3.63, 3.8) is 0 Å². The molecule has 0 bridgehead atoms. The Balaban J connectivity index is 1.62. The third-order valence-electron chi connectivity index (χ3n) is 3.57. The molecule has 1 aliphatic carbocycles. The Hall–Kier alpha value is -1.55. The molecular formula is C15H22N2O2. The van der Waals surface area contributed by atoms with Gasteiger partial charge in [-0.3, -0.25) is 0 Å². The van der Waals surface area contributed by atoms with Gasteiger partial charge in [0.25, 0.3) is 0 Å². The molecular weight excluding hydrogens is 240 g/mol. The van der Waals surface area contributed by atoms with Crippen LogP contribution in [-0.4, -0.2) is 29.8 Å². The van der Waals surface area contributed by atoms with Crippen molar-refractivity contribution < 1.29 is 9.90 Å². The molecule has 0 unspecified atom stereocenters. The molecule has 3 N–H and O–H groups in total. The van der Waals surface area contributed by atoms with E-state index >= 15 is 0 Å². The van der Waals surface area contributed by atoms with Gasteiger partial charge in [-0.25, -0.2) is 4.79 Å². The molecule has 0 radical (unpaired) electrons. The van der Waals surface area contributed by atoms with Crippen LogP contribution >= 0.6 is 0 Å². The zero-order valence-corrected chi connectivity index (χ0v) is 11.1. The predicted octanol–water partition coefficient (Wildman–Crippen LogP) is 1.83. The van der Waals surface area contributed by atoms with Gasteiger partial charge in [-0.1, -0.05) is 30.3 Å². The number of rotatable bonds is 4. The average molecular weight is 262 g/mol. The summed E-state index contributed by atoms with van der Waals surface area (Å²) in [4.78, 5) is 11.7. The second-order valence-electron chi connectivity index (χ2n) is 5.14. The minimum absolute atomic E-state index is 0.0997. The van der Waals surface area contributed by atoms with E-state index in [0.717, 1.165) is 32.1 Å². The molecule has 0 atom stereocenters. The highest BCUT2D eigenvalue weighted by Gasteiger charge is 2.20. The Morgan fingerprint density at radius 1 is 1.16 bits per heavy atom. The van der Waals surface area contributed by atoms with E-state index in [1.807, 2.05) is 18.2 Å². The highest BCUT2D eigenvalue weighted by atomic mass is 16.3. The first-order chi connectivity index (χ1) is 9.24. The molecule has 0 saturated heterocycles. The minimum Gasteiger partial charge on any atom is -0.393 e. The van der Waals surface area contributed by atoms with Gasteiger partial charge in [-0.15, -0.1) is 0 Å². The molecule has 0 spiro atoms. The number of aliphatic hydroxyl groups is 1. The molecule has 1 saturated carbocycles. The normalized spacial score (nSPS) is 22.8. The molecule has 104 valence electrons. The summed E-state index contributed by atoms with van der Waals surface area (Å²) in [7, 11) is 0. The lowest BCUT2D eigenvalue weighted by Crippen LogP contribution is -2.44. The lowest BCUT2D eigenvalue weighted by Gasteiger charge is -2.26. The van der Waals surface area contributed by atoms with Crippen LogP contribution in [0, 0.1) is 0 Å². The van der Waals surface area contributed by atoms with Crippen molar-refractivity contribution in [1.29, 1.82) is 0 Å². The predicted molar refractivity (Wildman–Crippen MR) is 74.9 cm³/mol. The van der Waals surface area contributed by atoms with Crippen molar-refractivity contribution in [1.82, 2.24) is 10.6 Å². The van der Waals surface area contributed by atoms with Crippen molar-refractivity contribution in [2.75, 3.05) is 6.54 Å². The van der Waals surface area contributed by atoms with Gasteiger partial charge < -0.3 is 15.7 Å². The first-order valence-corrected chi connectivity index (χ1v) is 7.00. The lowest BCUT2D eigenvalue weighted by molar-refractivity contribution is 0.117. The molecule has 0 aromatic heterocycles. The summed E-state index contributed by atoms with van der Waals surface area (Å²) < 4.78 is 0. The van der Waals surface area contributed by atoms with Crippen LogP contribution in [0.2, 0.25) is 0 Å². The summed E-state index contributed by atoms with van der Waals surface area (Å²) in [5.74, 6) is 0. The van der Waals surface area contributed by atoms with Crippen LogP contribution < -0.4 is 10.6 Å². The topological polar surface area (TPSA) is 61.4 Å². The number of urea groups is 1. The van der Waals surface area contributed by atoms with Crippen molar-refractivity contribution >= 4 is 6.03 Å². The van der Waals surface area contributed by atoms with E-state index in [9.17, 15) is 9.90 Å². The number of hydrogen-bond donors (Lipinski definition) is 3. The van der Waals surface area contributed by atoms with Gasteiger partial charge in [0.1, 0.15) is 0 Å². The highest BCUT2D eigenvalue weighted by molar-refractivity contribution is 5.74. The molecule has 4 heteroatoms. The van der Waals surface area contributed by atoms with E-state index in [0.29, 0.717) is 6.54 Å². The fourth-order valence-corrected chi connectivity index (χ4v) is 2.42. The smallest absolute Gasteiger partial charge is 0.315 e. The van der Waals surface area contributed by atoms with Crippen molar-refractivity contribution in [2.45, 2.75) is 44.2 Å². The van der Waals surface area contributed by atoms with Crippen LogP contribution in [0.1, 0.15) is 31.2 Å². The first kappa shape index (κ1) is 13.9. The lowest BCUT2D eigenvalue weighted by atomic mass is 9.93. The number of hydrogen-bond acceptors (Lipinski definition) is 2. The zero-order valence-electron chi connectivity index (χ0n) is 11.1. The molecule has 19 heavy (non-hydrogen) atoms. The SMILES string of the molecule is O=C(NCCc1ccccc1)NC1CCC(O)CC1. The fraction of sp³-hybridized carbons (Fsp3) is 0.533. The van der Waals surface area contributed by atoms with Gasteiger partial charge in [0.05, 0.1) is 6.10 Å². The molecule has 4 nitrogen and oxygen atoms in total. The van der Waals surface area contributed by atoms with Crippen LogP contribution in [0.15, 0.2) is 30.3 Å². The number of aliphatic hydroxyl groups excluding tert-OH is 1. The number of benzene rings is 1. The van der Waals surface area contributed by atoms with Crippen molar-refractivity contribution in [3.05, 3.63) is 35.9 Å². The van der Waals surface area contributed by atoms with Crippen LogP contribution in [0.25, 0.3) is 0 Å². The quantitative estimate of drug-likeness (QED) is 0.775. The minimum atomic E-state index is -0.181. The molecule has 1 aliphatic rings. The monoisotopic (exact) mass is 262 g/mol. The second kappa shape index (κ2) is 7.14. The van der Waals surface area contributed by atoms with E-state index in [4.69, 9.17) is 0 Å². The van der Waals surface area contributed by atoms with Gasteiger partial charge in [-0.2, -0.15) is 0 Å². The number of amides is 2. The van der Waals surface area contributed by atoms with E-state index in [1.54, 1.807) is 0 Å². The van der Waals surface area contributed by atoms with Gasteiger partial charge in [0.2, 0.25) is 0 Å². The van der Waals surface area contributed by atoms with Crippen molar-refractivity contribution in [2.24, 2.45) is 0 Å². The molecule has 1 aromatic rings. The Bertz CT molecular complexity index is 386.